The number of ether oxygens (including phenoxy) is 1. The van der Waals surface area contributed by atoms with Crippen molar-refractivity contribution in [3.8, 4) is 5.75 Å². The molecular formula is C13H17N3O4. The maximum Gasteiger partial charge on any atom is 0.270 e. The van der Waals surface area contributed by atoms with Crippen LogP contribution in [0.2, 0.25) is 0 Å². The molecule has 0 saturated carbocycles. The van der Waals surface area contributed by atoms with Crippen molar-refractivity contribution in [3.05, 3.63) is 33.9 Å². The molecule has 1 atom stereocenters. The van der Waals surface area contributed by atoms with Crippen LogP contribution in [0.3, 0.4) is 0 Å². The third kappa shape index (κ3) is 3.24. The summed E-state index contributed by atoms with van der Waals surface area (Å²) < 4.78 is 5.09. The molecule has 1 aliphatic rings. The average Bonchev–Trinajstić information content (AvgIpc) is 2.47. The van der Waals surface area contributed by atoms with Crippen LogP contribution in [0.1, 0.15) is 23.2 Å². The number of hydrogen-bond acceptors (Lipinski definition) is 5. The fourth-order valence-corrected chi connectivity index (χ4v) is 2.23. The van der Waals surface area contributed by atoms with Crippen LogP contribution < -0.4 is 15.4 Å². The number of benzene rings is 1. The lowest BCUT2D eigenvalue weighted by molar-refractivity contribution is -0.384. The Morgan fingerprint density at radius 1 is 1.55 bits per heavy atom. The van der Waals surface area contributed by atoms with Gasteiger partial charge in [-0.25, -0.2) is 0 Å². The first-order chi connectivity index (χ1) is 9.61. The monoisotopic (exact) mass is 279 g/mol. The van der Waals surface area contributed by atoms with E-state index in [-0.39, 0.29) is 23.2 Å². The van der Waals surface area contributed by atoms with Crippen molar-refractivity contribution in [1.82, 2.24) is 10.6 Å². The Bertz CT molecular complexity index is 512. The lowest BCUT2D eigenvalue weighted by atomic mass is 10.1. The maximum absolute atomic E-state index is 12.2. The van der Waals surface area contributed by atoms with Crippen LogP contribution in [0.15, 0.2) is 18.2 Å². The van der Waals surface area contributed by atoms with Crippen molar-refractivity contribution in [1.29, 1.82) is 0 Å². The minimum Gasteiger partial charge on any atom is -0.496 e. The zero-order chi connectivity index (χ0) is 14.5. The molecule has 1 amide bonds. The number of nitrogens with one attached hydrogen (secondary N) is 2. The van der Waals surface area contributed by atoms with Gasteiger partial charge in [0.15, 0.2) is 0 Å². The van der Waals surface area contributed by atoms with Gasteiger partial charge in [0.05, 0.1) is 17.6 Å². The van der Waals surface area contributed by atoms with Crippen LogP contribution in [0.5, 0.6) is 5.75 Å². The number of rotatable bonds is 4. The average molecular weight is 279 g/mol. The van der Waals surface area contributed by atoms with Gasteiger partial charge in [-0.15, -0.1) is 0 Å². The van der Waals surface area contributed by atoms with Crippen molar-refractivity contribution < 1.29 is 14.5 Å². The van der Waals surface area contributed by atoms with Gasteiger partial charge in [-0.1, -0.05) is 0 Å². The Labute approximate surface area is 116 Å². The number of nitrogens with zero attached hydrogens (tertiary/aromatic N) is 1. The molecule has 7 nitrogen and oxygen atoms in total. The molecule has 2 N–H and O–H groups in total. The predicted octanol–water partition coefficient (Wildman–Crippen LogP) is 1.09. The molecule has 1 fully saturated rings. The summed E-state index contributed by atoms with van der Waals surface area (Å²) in [6, 6.07) is 4.04. The van der Waals surface area contributed by atoms with E-state index >= 15 is 0 Å². The van der Waals surface area contributed by atoms with E-state index in [9.17, 15) is 14.9 Å². The molecule has 1 aliphatic heterocycles. The Kier molecular flexibility index (Phi) is 4.52. The summed E-state index contributed by atoms with van der Waals surface area (Å²) in [6.45, 7) is 1.66. The molecule has 1 heterocycles. The highest BCUT2D eigenvalue weighted by molar-refractivity contribution is 5.97. The summed E-state index contributed by atoms with van der Waals surface area (Å²) in [5, 5.41) is 16.9. The standard InChI is InChI=1S/C13H17N3O4/c1-20-12-5-4-10(16(18)19)7-11(12)13(17)15-9-3-2-6-14-8-9/h4-5,7,9,14H,2-3,6,8H2,1H3,(H,15,17)/t9-/m0/s1. The van der Waals surface area contributed by atoms with Crippen LogP contribution >= 0.6 is 0 Å². The molecular weight excluding hydrogens is 262 g/mol. The van der Waals surface area contributed by atoms with Crippen molar-refractivity contribution in [2.45, 2.75) is 18.9 Å². The molecule has 7 heteroatoms. The van der Waals surface area contributed by atoms with Crippen molar-refractivity contribution in [2.24, 2.45) is 0 Å². The first-order valence-corrected chi connectivity index (χ1v) is 6.46. The SMILES string of the molecule is COc1ccc([N+](=O)[O-])cc1C(=O)N[C@H]1CCCNC1. The van der Waals surface area contributed by atoms with Crippen molar-refractivity contribution >= 4 is 11.6 Å². The third-order valence-corrected chi connectivity index (χ3v) is 3.27. The Hall–Kier alpha value is -2.15. The number of amides is 1. The smallest absolute Gasteiger partial charge is 0.270 e. The van der Waals surface area contributed by atoms with Crippen LogP contribution in [0.25, 0.3) is 0 Å². The highest BCUT2D eigenvalue weighted by atomic mass is 16.6. The van der Waals surface area contributed by atoms with Gasteiger partial charge >= 0.3 is 0 Å². The molecule has 0 radical (unpaired) electrons. The van der Waals surface area contributed by atoms with Crippen LogP contribution in [-0.2, 0) is 0 Å². The quantitative estimate of drug-likeness (QED) is 0.635. The van der Waals surface area contributed by atoms with Gasteiger partial charge in [-0.05, 0) is 25.5 Å². The number of nitro groups is 1. The molecule has 1 aromatic rings. The minimum atomic E-state index is -0.529. The number of hydrogen-bond donors (Lipinski definition) is 2. The molecule has 2 rings (SSSR count). The maximum atomic E-state index is 12.2. The summed E-state index contributed by atoms with van der Waals surface area (Å²) in [5.41, 5.74) is 0.0602. The van der Waals surface area contributed by atoms with Gasteiger partial charge in [0.1, 0.15) is 5.75 Å². The highest BCUT2D eigenvalue weighted by Gasteiger charge is 2.21. The first-order valence-electron chi connectivity index (χ1n) is 6.46. The summed E-state index contributed by atoms with van der Waals surface area (Å²) in [5.74, 6) is -0.0175. The van der Waals surface area contributed by atoms with E-state index in [0.29, 0.717) is 12.3 Å². The van der Waals surface area contributed by atoms with E-state index in [1.165, 1.54) is 25.3 Å². The van der Waals surface area contributed by atoms with Gasteiger partial charge in [-0.2, -0.15) is 0 Å². The summed E-state index contributed by atoms with van der Waals surface area (Å²) >= 11 is 0. The lowest BCUT2D eigenvalue weighted by Crippen LogP contribution is -2.45. The van der Waals surface area contributed by atoms with E-state index in [0.717, 1.165) is 19.4 Å². The van der Waals surface area contributed by atoms with Gasteiger partial charge in [0.2, 0.25) is 0 Å². The van der Waals surface area contributed by atoms with E-state index in [1.54, 1.807) is 0 Å². The molecule has 0 aliphatic carbocycles. The van der Waals surface area contributed by atoms with E-state index < -0.39 is 4.92 Å². The second-order valence-electron chi connectivity index (χ2n) is 4.66. The number of methoxy groups -OCH3 is 1. The van der Waals surface area contributed by atoms with Crippen LogP contribution in [-0.4, -0.2) is 37.1 Å². The van der Waals surface area contributed by atoms with E-state index in [1.807, 2.05) is 0 Å². The fourth-order valence-electron chi connectivity index (χ4n) is 2.23. The van der Waals surface area contributed by atoms with E-state index in [2.05, 4.69) is 10.6 Å². The second kappa shape index (κ2) is 6.33. The first kappa shape index (κ1) is 14.3. The Balaban J connectivity index is 2.18. The van der Waals surface area contributed by atoms with Gasteiger partial charge in [0.25, 0.3) is 11.6 Å². The number of non-ortho nitro benzene ring substituents is 1. The van der Waals surface area contributed by atoms with Gasteiger partial charge in [-0.3, -0.25) is 14.9 Å². The molecule has 0 unspecified atom stereocenters. The van der Waals surface area contributed by atoms with Crippen LogP contribution in [0, 0.1) is 10.1 Å². The van der Waals surface area contributed by atoms with Crippen molar-refractivity contribution in [3.63, 3.8) is 0 Å². The molecule has 0 spiro atoms. The topological polar surface area (TPSA) is 93.5 Å². The van der Waals surface area contributed by atoms with Crippen molar-refractivity contribution in [2.75, 3.05) is 20.2 Å². The predicted molar refractivity (Wildman–Crippen MR) is 73.0 cm³/mol. The zero-order valence-electron chi connectivity index (χ0n) is 11.2. The summed E-state index contributed by atoms with van der Waals surface area (Å²) in [4.78, 5) is 22.5. The lowest BCUT2D eigenvalue weighted by Gasteiger charge is -2.24. The number of carbonyl (C=O) groups is 1. The third-order valence-electron chi connectivity index (χ3n) is 3.27. The number of piperidine rings is 1. The van der Waals surface area contributed by atoms with E-state index in [4.69, 9.17) is 4.74 Å². The summed E-state index contributed by atoms with van der Waals surface area (Å²) in [7, 11) is 1.43. The molecule has 108 valence electrons. The normalized spacial score (nSPS) is 18.4. The highest BCUT2D eigenvalue weighted by Crippen LogP contribution is 2.24. The molecule has 0 aromatic heterocycles. The number of nitro benzene ring substituents is 1. The molecule has 1 saturated heterocycles. The minimum absolute atomic E-state index is 0.0419. The largest absolute Gasteiger partial charge is 0.496 e. The zero-order valence-corrected chi connectivity index (χ0v) is 11.2. The van der Waals surface area contributed by atoms with Gasteiger partial charge in [0, 0.05) is 24.7 Å². The Morgan fingerprint density at radius 3 is 2.95 bits per heavy atom. The second-order valence-corrected chi connectivity index (χ2v) is 4.66. The molecule has 1 aromatic carbocycles. The Morgan fingerprint density at radius 2 is 2.35 bits per heavy atom. The molecule has 0 bridgehead atoms. The van der Waals surface area contributed by atoms with Crippen LogP contribution in [0.4, 0.5) is 5.69 Å². The molecule has 20 heavy (non-hydrogen) atoms. The summed E-state index contributed by atoms with van der Waals surface area (Å²) in [6.07, 6.45) is 1.90. The fraction of sp³-hybridized carbons (Fsp3) is 0.462. The number of carbonyl (C=O) groups excluding carboxylic acids is 1. The van der Waals surface area contributed by atoms with Gasteiger partial charge < -0.3 is 15.4 Å².